The number of ether oxygens (including phenoxy) is 1. The maximum Gasteiger partial charge on any atom is 0.137 e. The van der Waals surface area contributed by atoms with Crippen LogP contribution in [0.2, 0.25) is 0 Å². The van der Waals surface area contributed by atoms with Crippen molar-refractivity contribution in [1.82, 2.24) is 9.97 Å². The highest BCUT2D eigenvalue weighted by molar-refractivity contribution is 5.66. The lowest BCUT2D eigenvalue weighted by molar-refractivity contribution is 0.415. The smallest absolute Gasteiger partial charge is 0.137 e. The van der Waals surface area contributed by atoms with E-state index in [1.165, 1.54) is 0 Å². The summed E-state index contributed by atoms with van der Waals surface area (Å²) in [4.78, 5) is 7.71. The molecule has 100 valence electrons. The number of nitrogens with one attached hydrogen (secondary N) is 1. The average molecular weight is 265 g/mol. The Labute approximate surface area is 117 Å². The van der Waals surface area contributed by atoms with E-state index in [0.717, 1.165) is 34.1 Å². The molecule has 0 aliphatic heterocycles. The SMILES string of the molecule is COc1ccc(-c2cnc(-c3cccc(N)c3)[nH]2)cc1. The Morgan fingerprint density at radius 2 is 1.85 bits per heavy atom. The van der Waals surface area contributed by atoms with Crippen molar-refractivity contribution in [3.8, 4) is 28.4 Å². The Balaban J connectivity index is 1.93. The van der Waals surface area contributed by atoms with Gasteiger partial charge in [-0.2, -0.15) is 0 Å². The molecule has 0 saturated carbocycles. The maximum atomic E-state index is 5.79. The summed E-state index contributed by atoms with van der Waals surface area (Å²) < 4.78 is 5.15. The van der Waals surface area contributed by atoms with Gasteiger partial charge in [-0.15, -0.1) is 0 Å². The molecule has 0 saturated heterocycles. The summed E-state index contributed by atoms with van der Waals surface area (Å²) in [5, 5.41) is 0. The first-order valence-corrected chi connectivity index (χ1v) is 6.31. The summed E-state index contributed by atoms with van der Waals surface area (Å²) in [5.41, 5.74) is 9.52. The van der Waals surface area contributed by atoms with Gasteiger partial charge >= 0.3 is 0 Å². The molecule has 0 radical (unpaired) electrons. The number of aromatic nitrogens is 2. The van der Waals surface area contributed by atoms with Gasteiger partial charge in [0.15, 0.2) is 0 Å². The van der Waals surface area contributed by atoms with Crippen molar-refractivity contribution in [1.29, 1.82) is 0 Å². The third kappa shape index (κ3) is 2.36. The van der Waals surface area contributed by atoms with Crippen molar-refractivity contribution in [2.45, 2.75) is 0 Å². The maximum absolute atomic E-state index is 5.79. The number of hydrogen-bond donors (Lipinski definition) is 2. The van der Waals surface area contributed by atoms with Gasteiger partial charge in [0.2, 0.25) is 0 Å². The molecule has 4 heteroatoms. The first-order valence-electron chi connectivity index (χ1n) is 6.31. The predicted molar refractivity (Wildman–Crippen MR) is 80.4 cm³/mol. The highest BCUT2D eigenvalue weighted by Crippen LogP contribution is 2.24. The molecule has 0 unspecified atom stereocenters. The summed E-state index contributed by atoms with van der Waals surface area (Å²) >= 11 is 0. The lowest BCUT2D eigenvalue weighted by Crippen LogP contribution is -1.86. The molecule has 1 heterocycles. The Kier molecular flexibility index (Phi) is 3.13. The molecule has 0 spiro atoms. The second kappa shape index (κ2) is 5.09. The van der Waals surface area contributed by atoms with Crippen molar-refractivity contribution < 1.29 is 4.74 Å². The number of aromatic amines is 1. The van der Waals surface area contributed by atoms with Crippen molar-refractivity contribution in [3.63, 3.8) is 0 Å². The highest BCUT2D eigenvalue weighted by atomic mass is 16.5. The molecule has 3 rings (SSSR count). The number of benzene rings is 2. The van der Waals surface area contributed by atoms with Gasteiger partial charge in [-0.25, -0.2) is 4.98 Å². The molecule has 3 aromatic rings. The Hall–Kier alpha value is -2.75. The minimum atomic E-state index is 0.727. The number of nitrogens with zero attached hydrogens (tertiary/aromatic N) is 1. The minimum Gasteiger partial charge on any atom is -0.497 e. The molecular weight excluding hydrogens is 250 g/mol. The number of H-pyrrole nitrogens is 1. The fraction of sp³-hybridized carbons (Fsp3) is 0.0625. The topological polar surface area (TPSA) is 63.9 Å². The highest BCUT2D eigenvalue weighted by Gasteiger charge is 2.05. The fourth-order valence-corrected chi connectivity index (χ4v) is 2.07. The van der Waals surface area contributed by atoms with E-state index in [2.05, 4.69) is 9.97 Å². The van der Waals surface area contributed by atoms with E-state index in [-0.39, 0.29) is 0 Å². The zero-order valence-electron chi connectivity index (χ0n) is 11.1. The number of hydrogen-bond acceptors (Lipinski definition) is 3. The van der Waals surface area contributed by atoms with E-state index in [9.17, 15) is 0 Å². The molecule has 0 aliphatic carbocycles. The zero-order chi connectivity index (χ0) is 13.9. The van der Waals surface area contributed by atoms with Crippen LogP contribution in [0.3, 0.4) is 0 Å². The summed E-state index contributed by atoms with van der Waals surface area (Å²) in [6.07, 6.45) is 1.82. The van der Waals surface area contributed by atoms with Crippen LogP contribution in [0.1, 0.15) is 0 Å². The van der Waals surface area contributed by atoms with Crippen molar-refractivity contribution in [2.75, 3.05) is 12.8 Å². The van der Waals surface area contributed by atoms with Crippen LogP contribution < -0.4 is 10.5 Å². The second-order valence-electron chi connectivity index (χ2n) is 4.50. The largest absolute Gasteiger partial charge is 0.497 e. The number of rotatable bonds is 3. The van der Waals surface area contributed by atoms with E-state index >= 15 is 0 Å². The summed E-state index contributed by atoms with van der Waals surface area (Å²) in [7, 11) is 1.66. The monoisotopic (exact) mass is 265 g/mol. The van der Waals surface area contributed by atoms with Crippen LogP contribution in [0.4, 0.5) is 5.69 Å². The molecule has 20 heavy (non-hydrogen) atoms. The number of imidazole rings is 1. The molecule has 4 nitrogen and oxygen atoms in total. The van der Waals surface area contributed by atoms with Crippen molar-refractivity contribution in [3.05, 3.63) is 54.7 Å². The number of nitrogen functional groups attached to an aromatic ring is 1. The van der Waals surface area contributed by atoms with Gasteiger partial charge < -0.3 is 15.5 Å². The van der Waals surface area contributed by atoms with Crippen LogP contribution in [-0.4, -0.2) is 17.1 Å². The lowest BCUT2D eigenvalue weighted by atomic mass is 10.1. The van der Waals surface area contributed by atoms with Gasteiger partial charge in [0.1, 0.15) is 11.6 Å². The normalized spacial score (nSPS) is 10.4. The quantitative estimate of drug-likeness (QED) is 0.714. The molecule has 3 N–H and O–H groups in total. The van der Waals surface area contributed by atoms with Gasteiger partial charge in [0.05, 0.1) is 19.0 Å². The van der Waals surface area contributed by atoms with Crippen LogP contribution in [0.15, 0.2) is 54.7 Å². The molecule has 0 fully saturated rings. The third-order valence-corrected chi connectivity index (χ3v) is 3.14. The molecule has 1 aromatic heterocycles. The summed E-state index contributed by atoms with van der Waals surface area (Å²) in [6, 6.07) is 15.5. The molecule has 0 amide bonds. The molecule has 0 bridgehead atoms. The Bertz CT molecular complexity index is 717. The fourth-order valence-electron chi connectivity index (χ4n) is 2.07. The first kappa shape index (κ1) is 12.3. The number of nitrogens with two attached hydrogens (primary N) is 1. The minimum absolute atomic E-state index is 0.727. The summed E-state index contributed by atoms with van der Waals surface area (Å²) in [6.45, 7) is 0. The van der Waals surface area contributed by atoms with E-state index in [4.69, 9.17) is 10.5 Å². The van der Waals surface area contributed by atoms with Gasteiger partial charge in [-0.1, -0.05) is 12.1 Å². The van der Waals surface area contributed by atoms with Gasteiger partial charge in [0, 0.05) is 11.3 Å². The lowest BCUT2D eigenvalue weighted by Gasteiger charge is -2.01. The van der Waals surface area contributed by atoms with Crippen LogP contribution >= 0.6 is 0 Å². The van der Waals surface area contributed by atoms with Crippen molar-refractivity contribution in [2.24, 2.45) is 0 Å². The van der Waals surface area contributed by atoms with E-state index < -0.39 is 0 Å². The zero-order valence-corrected chi connectivity index (χ0v) is 11.1. The Morgan fingerprint density at radius 3 is 2.55 bits per heavy atom. The number of methoxy groups -OCH3 is 1. The number of anilines is 1. The second-order valence-corrected chi connectivity index (χ2v) is 4.50. The van der Waals surface area contributed by atoms with Gasteiger partial charge in [-0.3, -0.25) is 0 Å². The van der Waals surface area contributed by atoms with E-state index in [1.807, 2.05) is 54.7 Å². The van der Waals surface area contributed by atoms with Gasteiger partial charge in [0.25, 0.3) is 0 Å². The average Bonchev–Trinajstić information content (AvgIpc) is 2.97. The molecule has 2 aromatic carbocycles. The standard InChI is InChI=1S/C16H15N3O/c1-20-14-7-5-11(6-8-14)15-10-18-16(19-15)12-3-2-4-13(17)9-12/h2-10H,17H2,1H3,(H,18,19). The summed E-state index contributed by atoms with van der Waals surface area (Å²) in [5.74, 6) is 1.65. The van der Waals surface area contributed by atoms with Crippen molar-refractivity contribution >= 4 is 5.69 Å². The van der Waals surface area contributed by atoms with E-state index in [0.29, 0.717) is 0 Å². The van der Waals surface area contributed by atoms with Crippen LogP contribution in [0.25, 0.3) is 22.6 Å². The first-order chi connectivity index (χ1) is 9.76. The van der Waals surface area contributed by atoms with Crippen LogP contribution in [0.5, 0.6) is 5.75 Å². The van der Waals surface area contributed by atoms with E-state index in [1.54, 1.807) is 7.11 Å². The predicted octanol–water partition coefficient (Wildman–Crippen LogP) is 3.33. The third-order valence-electron chi connectivity index (χ3n) is 3.14. The van der Waals surface area contributed by atoms with Crippen LogP contribution in [-0.2, 0) is 0 Å². The molecular formula is C16H15N3O. The molecule has 0 aliphatic rings. The van der Waals surface area contributed by atoms with Crippen LogP contribution in [0, 0.1) is 0 Å². The van der Waals surface area contributed by atoms with Gasteiger partial charge in [-0.05, 0) is 42.0 Å². The molecule has 0 atom stereocenters. The Morgan fingerprint density at radius 1 is 1.05 bits per heavy atom.